The molecule has 132 valence electrons. The van der Waals surface area contributed by atoms with Crippen LogP contribution >= 0.6 is 0 Å². The predicted octanol–water partition coefficient (Wildman–Crippen LogP) is 2.76. The van der Waals surface area contributed by atoms with Crippen molar-refractivity contribution in [3.05, 3.63) is 34.4 Å². The third kappa shape index (κ3) is 1.90. The number of ketones is 1. The second kappa shape index (κ2) is 5.11. The van der Waals surface area contributed by atoms with Crippen LogP contribution in [0.2, 0.25) is 0 Å². The molecule has 0 saturated heterocycles. The Morgan fingerprint density at radius 3 is 2.56 bits per heavy atom. The lowest BCUT2D eigenvalue weighted by Gasteiger charge is -2.37. The Bertz CT molecular complexity index is 831. The van der Waals surface area contributed by atoms with Gasteiger partial charge in [-0.1, -0.05) is 32.0 Å². The quantitative estimate of drug-likeness (QED) is 0.377. The molecule has 25 heavy (non-hydrogen) atoms. The fourth-order valence-electron chi connectivity index (χ4n) is 4.39. The maximum atomic E-state index is 13.1. The normalized spacial score (nSPS) is 31.3. The third-order valence-corrected chi connectivity index (χ3v) is 6.37. The highest BCUT2D eigenvalue weighted by molar-refractivity contribution is 6.51. The highest BCUT2D eigenvalue weighted by Crippen LogP contribution is 2.69. The van der Waals surface area contributed by atoms with E-state index in [9.17, 15) is 24.9 Å². The maximum absolute atomic E-state index is 13.1. The van der Waals surface area contributed by atoms with E-state index in [1.165, 1.54) is 24.3 Å². The number of nitro groups is 1. The van der Waals surface area contributed by atoms with Crippen molar-refractivity contribution in [3.63, 3.8) is 0 Å². The molecular weight excluding hydrogens is 326 g/mol. The molecule has 0 heterocycles. The average molecular weight is 345 g/mol. The summed E-state index contributed by atoms with van der Waals surface area (Å²) in [7, 11) is 0. The summed E-state index contributed by atoms with van der Waals surface area (Å²) in [5.41, 5.74) is -2.67. The van der Waals surface area contributed by atoms with Crippen LogP contribution in [0.4, 0.5) is 11.4 Å². The maximum Gasteiger partial charge on any atom is 0.271 e. The zero-order valence-corrected chi connectivity index (χ0v) is 14.2. The summed E-state index contributed by atoms with van der Waals surface area (Å²) in [6.07, 6.45) is 0.891. The van der Waals surface area contributed by atoms with Gasteiger partial charge in [-0.3, -0.25) is 19.7 Å². The molecule has 2 fully saturated rings. The van der Waals surface area contributed by atoms with Gasteiger partial charge in [-0.2, -0.15) is 0 Å². The van der Waals surface area contributed by atoms with E-state index >= 15 is 0 Å². The van der Waals surface area contributed by atoms with E-state index in [4.69, 9.17) is 0 Å². The fourth-order valence-corrected chi connectivity index (χ4v) is 4.39. The number of carbonyl (C=O) groups is 2. The van der Waals surface area contributed by atoms with E-state index in [0.717, 1.165) is 0 Å². The minimum Gasteiger partial charge on any atom is -0.411 e. The molecule has 2 N–H and O–H groups in total. The first kappa shape index (κ1) is 17.1. The lowest BCUT2D eigenvalue weighted by Crippen LogP contribution is -2.47. The van der Waals surface area contributed by atoms with Crippen molar-refractivity contribution >= 4 is 28.8 Å². The highest BCUT2D eigenvalue weighted by atomic mass is 16.6. The summed E-state index contributed by atoms with van der Waals surface area (Å²) in [5.74, 6) is -0.998. The lowest BCUT2D eigenvalue weighted by atomic mass is 9.64. The van der Waals surface area contributed by atoms with E-state index in [1.807, 2.05) is 20.8 Å². The first-order valence-electron chi connectivity index (χ1n) is 7.95. The Morgan fingerprint density at radius 2 is 2.00 bits per heavy atom. The number of anilines is 1. The van der Waals surface area contributed by atoms with E-state index in [-0.39, 0.29) is 17.1 Å². The summed E-state index contributed by atoms with van der Waals surface area (Å²) < 4.78 is 0. The molecule has 3 rings (SSSR count). The molecule has 2 aliphatic carbocycles. The second-order valence-corrected chi connectivity index (χ2v) is 7.40. The fraction of sp³-hybridized carbons (Fsp3) is 0.471. The van der Waals surface area contributed by atoms with Crippen LogP contribution in [0.25, 0.3) is 0 Å². The molecule has 0 aromatic heterocycles. The van der Waals surface area contributed by atoms with Crippen molar-refractivity contribution in [2.24, 2.45) is 21.4 Å². The average Bonchev–Trinajstić information content (AvgIpc) is 2.83. The number of non-ortho nitro benzene ring substituents is 1. The first-order chi connectivity index (χ1) is 11.6. The number of nitrogens with one attached hydrogen (secondary N) is 1. The third-order valence-electron chi connectivity index (χ3n) is 6.37. The standard InChI is InChI=1S/C17H19N3O5/c1-15(2)16(3)7-8-17(15,13(21)12(16)19-23)14(22)18-10-5-4-6-11(9-10)20(24)25/h4-6,9,23H,7-8H2,1-3H3,(H,18,22)/b19-12+. The van der Waals surface area contributed by atoms with E-state index in [2.05, 4.69) is 10.5 Å². The molecule has 2 atom stereocenters. The molecule has 1 aromatic rings. The van der Waals surface area contributed by atoms with Crippen LogP contribution in [-0.4, -0.2) is 27.5 Å². The topological polar surface area (TPSA) is 122 Å². The lowest BCUT2D eigenvalue weighted by molar-refractivity contribution is -0.384. The summed E-state index contributed by atoms with van der Waals surface area (Å²) in [5, 5.41) is 26.0. The number of nitro benzene ring substituents is 1. The Balaban J connectivity index is 2.01. The molecule has 2 bridgehead atoms. The van der Waals surface area contributed by atoms with Crippen LogP contribution in [0.1, 0.15) is 33.6 Å². The van der Waals surface area contributed by atoms with Gasteiger partial charge in [0.05, 0.1) is 4.92 Å². The largest absolute Gasteiger partial charge is 0.411 e. The number of hydrogen-bond donors (Lipinski definition) is 2. The number of Topliss-reactive ketones (excluding diaryl/α,β-unsaturated/α-hetero) is 1. The minimum absolute atomic E-state index is 0.0259. The summed E-state index contributed by atoms with van der Waals surface area (Å²) in [6.45, 7) is 5.47. The van der Waals surface area contributed by atoms with Gasteiger partial charge in [-0.05, 0) is 24.3 Å². The number of oxime groups is 1. The van der Waals surface area contributed by atoms with Gasteiger partial charge in [0.2, 0.25) is 5.91 Å². The summed E-state index contributed by atoms with van der Waals surface area (Å²) >= 11 is 0. The van der Waals surface area contributed by atoms with Crippen LogP contribution in [0, 0.1) is 26.4 Å². The molecule has 8 heteroatoms. The van der Waals surface area contributed by atoms with Gasteiger partial charge < -0.3 is 10.5 Å². The minimum atomic E-state index is -1.35. The Hall–Kier alpha value is -2.77. The van der Waals surface area contributed by atoms with Gasteiger partial charge >= 0.3 is 0 Å². The Labute approximate surface area is 144 Å². The van der Waals surface area contributed by atoms with E-state index < -0.39 is 32.9 Å². The number of rotatable bonds is 3. The van der Waals surface area contributed by atoms with Crippen molar-refractivity contribution in [2.75, 3.05) is 5.32 Å². The van der Waals surface area contributed by atoms with E-state index in [0.29, 0.717) is 12.8 Å². The van der Waals surface area contributed by atoms with Crippen molar-refractivity contribution in [1.82, 2.24) is 0 Å². The number of hydrogen-bond acceptors (Lipinski definition) is 6. The molecule has 0 spiro atoms. The Morgan fingerprint density at radius 1 is 1.32 bits per heavy atom. The summed E-state index contributed by atoms with van der Waals surface area (Å²) in [6, 6.07) is 5.56. The van der Waals surface area contributed by atoms with Gasteiger partial charge in [0.15, 0.2) is 5.78 Å². The molecule has 0 aliphatic heterocycles. The van der Waals surface area contributed by atoms with Gasteiger partial charge in [-0.15, -0.1) is 0 Å². The van der Waals surface area contributed by atoms with Gasteiger partial charge in [0.25, 0.3) is 5.69 Å². The molecule has 2 saturated carbocycles. The van der Waals surface area contributed by atoms with Crippen LogP contribution in [-0.2, 0) is 9.59 Å². The molecule has 8 nitrogen and oxygen atoms in total. The van der Waals surface area contributed by atoms with Crippen LogP contribution in [0.15, 0.2) is 29.4 Å². The van der Waals surface area contributed by atoms with Crippen molar-refractivity contribution in [2.45, 2.75) is 33.6 Å². The smallest absolute Gasteiger partial charge is 0.271 e. The van der Waals surface area contributed by atoms with Crippen molar-refractivity contribution in [3.8, 4) is 0 Å². The van der Waals surface area contributed by atoms with Gasteiger partial charge in [0, 0.05) is 23.2 Å². The van der Waals surface area contributed by atoms with E-state index in [1.54, 1.807) is 0 Å². The molecule has 2 unspecified atom stereocenters. The zero-order valence-electron chi connectivity index (χ0n) is 14.2. The highest BCUT2D eigenvalue weighted by Gasteiger charge is 2.76. The monoisotopic (exact) mass is 345 g/mol. The molecule has 1 aromatic carbocycles. The SMILES string of the molecule is CC12CCC(C(=O)Nc3cccc([N+](=O)[O-])c3)(C(=O)/C1=N\O)C2(C)C. The number of fused-ring (bicyclic) bond motifs is 2. The van der Waals surface area contributed by atoms with Crippen LogP contribution in [0.5, 0.6) is 0 Å². The van der Waals surface area contributed by atoms with Crippen molar-refractivity contribution in [1.29, 1.82) is 0 Å². The van der Waals surface area contributed by atoms with Crippen LogP contribution in [0.3, 0.4) is 0 Å². The van der Waals surface area contributed by atoms with Crippen molar-refractivity contribution < 1.29 is 19.7 Å². The second-order valence-electron chi connectivity index (χ2n) is 7.40. The van der Waals surface area contributed by atoms with Crippen LogP contribution < -0.4 is 5.32 Å². The number of benzene rings is 1. The molecule has 0 radical (unpaired) electrons. The molecular formula is C17H19N3O5. The molecule has 1 amide bonds. The first-order valence-corrected chi connectivity index (χ1v) is 7.95. The summed E-state index contributed by atoms with van der Waals surface area (Å²) in [4.78, 5) is 36.3. The number of nitrogens with zero attached hydrogens (tertiary/aromatic N) is 2. The Kier molecular flexibility index (Phi) is 3.49. The van der Waals surface area contributed by atoms with Gasteiger partial charge in [0.1, 0.15) is 11.1 Å². The number of amides is 1. The van der Waals surface area contributed by atoms with Gasteiger partial charge in [-0.25, -0.2) is 0 Å². The zero-order chi connectivity index (χ0) is 18.6. The predicted molar refractivity (Wildman–Crippen MR) is 89.5 cm³/mol. The number of carbonyl (C=O) groups excluding carboxylic acids is 2. The molecule has 2 aliphatic rings.